The van der Waals surface area contributed by atoms with Gasteiger partial charge in [-0.05, 0) is 18.6 Å². The molecule has 0 saturated heterocycles. The Bertz CT molecular complexity index is 729. The number of carbonyl (C=O) groups excluding carboxylic acids is 1. The lowest BCUT2D eigenvalue weighted by Crippen LogP contribution is -2.41. The Morgan fingerprint density at radius 1 is 1.18 bits per heavy atom. The second-order valence-corrected chi connectivity index (χ2v) is 4.71. The summed E-state index contributed by atoms with van der Waals surface area (Å²) in [5, 5.41) is 20.7. The smallest absolute Gasteiger partial charge is 0.326 e. The molecule has 0 aliphatic heterocycles. The number of benzene rings is 1. The summed E-state index contributed by atoms with van der Waals surface area (Å²) in [5.74, 6) is -2.99. The number of para-hydroxylation sites is 1. The molecule has 0 bridgehead atoms. The third-order valence-electron chi connectivity index (χ3n) is 3.10. The molecular formula is C15H14N2O5. The Labute approximate surface area is 125 Å². The van der Waals surface area contributed by atoms with Crippen molar-refractivity contribution in [1.82, 2.24) is 10.3 Å². The van der Waals surface area contributed by atoms with E-state index in [1.807, 2.05) is 6.07 Å². The van der Waals surface area contributed by atoms with Crippen molar-refractivity contribution in [3.05, 3.63) is 42.1 Å². The van der Waals surface area contributed by atoms with E-state index in [1.165, 1.54) is 6.20 Å². The minimum atomic E-state index is -1.27. The molecule has 1 aromatic heterocycles. The number of carboxylic acids is 2. The predicted octanol–water partition coefficient (Wildman–Crippen LogP) is 1.28. The molecule has 0 fully saturated rings. The van der Waals surface area contributed by atoms with Crippen molar-refractivity contribution in [1.29, 1.82) is 0 Å². The number of carboxylic acid groups (broad SMARTS) is 2. The zero-order chi connectivity index (χ0) is 16.1. The summed E-state index contributed by atoms with van der Waals surface area (Å²) in [4.78, 5) is 37.8. The summed E-state index contributed by atoms with van der Waals surface area (Å²) in [5.41, 5.74) is 0.944. The van der Waals surface area contributed by atoms with Gasteiger partial charge in [-0.3, -0.25) is 14.6 Å². The molecule has 1 atom stereocenters. The third kappa shape index (κ3) is 3.78. The number of fused-ring (bicyclic) bond motifs is 1. The fraction of sp³-hybridized carbons (Fsp3) is 0.200. The Balaban J connectivity index is 2.14. The van der Waals surface area contributed by atoms with Gasteiger partial charge in [0.05, 0.1) is 11.1 Å². The van der Waals surface area contributed by atoms with E-state index >= 15 is 0 Å². The molecule has 7 heteroatoms. The van der Waals surface area contributed by atoms with Gasteiger partial charge in [0, 0.05) is 18.0 Å². The SMILES string of the molecule is O=C(O)CCC(NC(=O)c1cnc2ccccc2c1)C(=O)O. The number of carbonyl (C=O) groups is 3. The van der Waals surface area contributed by atoms with Crippen LogP contribution >= 0.6 is 0 Å². The van der Waals surface area contributed by atoms with Gasteiger partial charge in [-0.15, -0.1) is 0 Å². The molecule has 0 spiro atoms. The fourth-order valence-electron chi connectivity index (χ4n) is 1.96. The van der Waals surface area contributed by atoms with Gasteiger partial charge >= 0.3 is 11.9 Å². The number of pyridine rings is 1. The first-order valence-electron chi connectivity index (χ1n) is 6.57. The normalized spacial score (nSPS) is 11.8. The Hall–Kier alpha value is -2.96. The van der Waals surface area contributed by atoms with E-state index in [4.69, 9.17) is 10.2 Å². The van der Waals surface area contributed by atoms with E-state index in [9.17, 15) is 14.4 Å². The lowest BCUT2D eigenvalue weighted by Gasteiger charge is -2.13. The van der Waals surface area contributed by atoms with Crippen molar-refractivity contribution in [3.63, 3.8) is 0 Å². The van der Waals surface area contributed by atoms with Crippen LogP contribution in [-0.4, -0.2) is 39.1 Å². The number of aliphatic carboxylic acids is 2. The molecule has 1 aromatic carbocycles. The number of hydrogen-bond acceptors (Lipinski definition) is 4. The average molecular weight is 302 g/mol. The van der Waals surface area contributed by atoms with Crippen molar-refractivity contribution in [2.75, 3.05) is 0 Å². The molecule has 1 unspecified atom stereocenters. The highest BCUT2D eigenvalue weighted by atomic mass is 16.4. The van der Waals surface area contributed by atoms with Crippen LogP contribution in [0.4, 0.5) is 0 Å². The highest BCUT2D eigenvalue weighted by molar-refractivity contribution is 5.99. The summed E-state index contributed by atoms with van der Waals surface area (Å²) in [6.07, 6.45) is 0.832. The van der Waals surface area contributed by atoms with E-state index < -0.39 is 23.9 Å². The molecule has 22 heavy (non-hydrogen) atoms. The highest BCUT2D eigenvalue weighted by Gasteiger charge is 2.21. The van der Waals surface area contributed by atoms with Crippen LogP contribution in [0.2, 0.25) is 0 Å². The van der Waals surface area contributed by atoms with Gasteiger partial charge in [0.1, 0.15) is 6.04 Å². The zero-order valence-electron chi connectivity index (χ0n) is 11.5. The lowest BCUT2D eigenvalue weighted by atomic mass is 10.1. The van der Waals surface area contributed by atoms with Crippen molar-refractivity contribution in [3.8, 4) is 0 Å². The Kier molecular flexibility index (Phi) is 4.67. The lowest BCUT2D eigenvalue weighted by molar-refractivity contribution is -0.140. The molecular weight excluding hydrogens is 288 g/mol. The van der Waals surface area contributed by atoms with Crippen LogP contribution < -0.4 is 5.32 Å². The minimum Gasteiger partial charge on any atom is -0.481 e. The molecule has 3 N–H and O–H groups in total. The Morgan fingerprint density at radius 3 is 2.59 bits per heavy atom. The molecule has 2 rings (SSSR count). The van der Waals surface area contributed by atoms with Gasteiger partial charge in [-0.2, -0.15) is 0 Å². The van der Waals surface area contributed by atoms with Crippen molar-refractivity contribution >= 4 is 28.7 Å². The standard InChI is InChI=1S/C15H14N2O5/c18-13(19)6-5-12(15(21)22)17-14(20)10-7-9-3-1-2-4-11(9)16-8-10/h1-4,7-8,12H,5-6H2,(H,17,20)(H,18,19)(H,21,22). The predicted molar refractivity (Wildman–Crippen MR) is 77.5 cm³/mol. The van der Waals surface area contributed by atoms with E-state index in [0.29, 0.717) is 0 Å². The first-order chi connectivity index (χ1) is 10.5. The zero-order valence-corrected chi connectivity index (χ0v) is 11.5. The summed E-state index contributed by atoms with van der Waals surface area (Å²) >= 11 is 0. The van der Waals surface area contributed by atoms with Crippen LogP contribution in [-0.2, 0) is 9.59 Å². The maximum absolute atomic E-state index is 12.1. The average Bonchev–Trinajstić information content (AvgIpc) is 2.50. The van der Waals surface area contributed by atoms with E-state index in [2.05, 4.69) is 10.3 Å². The van der Waals surface area contributed by atoms with Crippen LogP contribution in [0.25, 0.3) is 10.9 Å². The maximum atomic E-state index is 12.1. The molecule has 0 aliphatic carbocycles. The highest BCUT2D eigenvalue weighted by Crippen LogP contribution is 2.13. The second kappa shape index (κ2) is 6.66. The van der Waals surface area contributed by atoms with Gasteiger partial charge in [-0.1, -0.05) is 18.2 Å². The summed E-state index contributed by atoms with van der Waals surface area (Å²) < 4.78 is 0. The molecule has 114 valence electrons. The number of rotatable bonds is 6. The monoisotopic (exact) mass is 302 g/mol. The maximum Gasteiger partial charge on any atom is 0.326 e. The first kappa shape index (κ1) is 15.4. The molecule has 7 nitrogen and oxygen atoms in total. The quantitative estimate of drug-likeness (QED) is 0.740. The fourth-order valence-corrected chi connectivity index (χ4v) is 1.96. The molecule has 1 amide bonds. The second-order valence-electron chi connectivity index (χ2n) is 4.71. The topological polar surface area (TPSA) is 117 Å². The van der Waals surface area contributed by atoms with Crippen LogP contribution in [0, 0.1) is 0 Å². The number of hydrogen-bond donors (Lipinski definition) is 3. The third-order valence-corrected chi connectivity index (χ3v) is 3.10. The largest absolute Gasteiger partial charge is 0.481 e. The van der Waals surface area contributed by atoms with Crippen molar-refractivity contribution in [2.24, 2.45) is 0 Å². The van der Waals surface area contributed by atoms with E-state index in [0.717, 1.165) is 10.9 Å². The van der Waals surface area contributed by atoms with Crippen LogP contribution in [0.15, 0.2) is 36.5 Å². The van der Waals surface area contributed by atoms with Crippen molar-refractivity contribution < 1.29 is 24.6 Å². The van der Waals surface area contributed by atoms with Crippen LogP contribution in [0.1, 0.15) is 23.2 Å². The molecule has 0 radical (unpaired) electrons. The minimum absolute atomic E-state index is 0.183. The van der Waals surface area contributed by atoms with Gasteiger partial charge in [0.15, 0.2) is 0 Å². The molecule has 0 saturated carbocycles. The van der Waals surface area contributed by atoms with Gasteiger partial charge in [0.25, 0.3) is 5.91 Å². The molecule has 2 aromatic rings. The number of amides is 1. The summed E-state index contributed by atoms with van der Waals surface area (Å²) in [6.45, 7) is 0. The van der Waals surface area contributed by atoms with Crippen LogP contribution in [0.5, 0.6) is 0 Å². The first-order valence-corrected chi connectivity index (χ1v) is 6.57. The number of aromatic nitrogens is 1. The number of nitrogens with one attached hydrogen (secondary N) is 1. The van der Waals surface area contributed by atoms with E-state index in [-0.39, 0.29) is 18.4 Å². The van der Waals surface area contributed by atoms with Gasteiger partial charge < -0.3 is 15.5 Å². The van der Waals surface area contributed by atoms with Gasteiger partial charge in [0.2, 0.25) is 0 Å². The summed E-state index contributed by atoms with van der Waals surface area (Å²) in [6, 6.07) is 7.56. The van der Waals surface area contributed by atoms with Gasteiger partial charge in [-0.25, -0.2) is 4.79 Å². The van der Waals surface area contributed by atoms with E-state index in [1.54, 1.807) is 24.3 Å². The van der Waals surface area contributed by atoms with Crippen molar-refractivity contribution in [2.45, 2.75) is 18.9 Å². The molecule has 1 heterocycles. The van der Waals surface area contributed by atoms with Crippen LogP contribution in [0.3, 0.4) is 0 Å². The Morgan fingerprint density at radius 2 is 1.91 bits per heavy atom. The molecule has 0 aliphatic rings. The number of nitrogens with zero attached hydrogens (tertiary/aromatic N) is 1. The summed E-state index contributed by atoms with van der Waals surface area (Å²) in [7, 11) is 0.